The molecule has 26 heavy (non-hydrogen) atoms. The molecule has 0 saturated carbocycles. The van der Waals surface area contributed by atoms with E-state index < -0.39 is 0 Å². The van der Waals surface area contributed by atoms with Gasteiger partial charge >= 0.3 is 5.97 Å². The second-order valence-corrected chi connectivity index (χ2v) is 6.05. The summed E-state index contributed by atoms with van der Waals surface area (Å²) in [4.78, 5) is 39.5. The van der Waals surface area contributed by atoms with Crippen LogP contribution in [0.3, 0.4) is 0 Å². The van der Waals surface area contributed by atoms with Gasteiger partial charge in [0, 0.05) is 38.2 Å². The minimum absolute atomic E-state index is 0.0863. The summed E-state index contributed by atoms with van der Waals surface area (Å²) >= 11 is 0. The van der Waals surface area contributed by atoms with Gasteiger partial charge in [0.25, 0.3) is 5.91 Å². The number of carbonyl (C=O) groups is 3. The predicted molar refractivity (Wildman–Crippen MR) is 90.9 cm³/mol. The van der Waals surface area contributed by atoms with E-state index >= 15 is 0 Å². The van der Waals surface area contributed by atoms with Crippen molar-refractivity contribution in [3.8, 4) is 11.5 Å². The Balaban J connectivity index is 1.49. The number of amides is 2. The average Bonchev–Trinajstić information content (AvgIpc) is 3.13. The van der Waals surface area contributed by atoms with Gasteiger partial charge in [0.05, 0.1) is 13.0 Å². The smallest absolute Gasteiger partial charge is 0.306 e. The summed E-state index contributed by atoms with van der Waals surface area (Å²) in [6.07, 6.45) is 0.220. The van der Waals surface area contributed by atoms with Crippen LogP contribution in [0.5, 0.6) is 11.5 Å². The maximum Gasteiger partial charge on any atom is 0.306 e. The van der Waals surface area contributed by atoms with Crippen LogP contribution in [0, 0.1) is 0 Å². The number of hydrogen-bond donors (Lipinski definition) is 0. The van der Waals surface area contributed by atoms with Gasteiger partial charge in [-0.1, -0.05) is 0 Å². The summed E-state index contributed by atoms with van der Waals surface area (Å²) in [5.74, 6) is 0.662. The molecule has 2 aliphatic heterocycles. The van der Waals surface area contributed by atoms with E-state index in [-0.39, 0.29) is 37.4 Å². The first-order valence-corrected chi connectivity index (χ1v) is 8.71. The van der Waals surface area contributed by atoms with Crippen LogP contribution in [0.1, 0.15) is 30.1 Å². The van der Waals surface area contributed by atoms with E-state index in [1.807, 2.05) is 0 Å². The van der Waals surface area contributed by atoms with Crippen LogP contribution < -0.4 is 9.47 Å². The topological polar surface area (TPSA) is 85.4 Å². The summed E-state index contributed by atoms with van der Waals surface area (Å²) in [6, 6.07) is 5.12. The van der Waals surface area contributed by atoms with Crippen molar-refractivity contribution in [2.24, 2.45) is 0 Å². The first kappa shape index (κ1) is 18.0. The van der Waals surface area contributed by atoms with E-state index in [1.165, 1.54) is 0 Å². The molecule has 2 heterocycles. The van der Waals surface area contributed by atoms with Crippen LogP contribution in [-0.2, 0) is 14.3 Å². The monoisotopic (exact) mass is 362 g/mol. The number of rotatable bonds is 5. The molecule has 0 radical (unpaired) electrons. The zero-order valence-corrected chi connectivity index (χ0v) is 14.7. The summed E-state index contributed by atoms with van der Waals surface area (Å²) < 4.78 is 15.4. The Hall–Kier alpha value is -2.77. The van der Waals surface area contributed by atoms with Crippen LogP contribution in [0.25, 0.3) is 0 Å². The molecule has 0 aromatic heterocycles. The third-order valence-electron chi connectivity index (χ3n) is 4.39. The highest BCUT2D eigenvalue weighted by Crippen LogP contribution is 2.32. The molecule has 0 unspecified atom stereocenters. The van der Waals surface area contributed by atoms with Crippen molar-refractivity contribution in [1.29, 1.82) is 0 Å². The summed E-state index contributed by atoms with van der Waals surface area (Å²) in [7, 11) is 0. The molecule has 1 saturated heterocycles. The number of fused-ring (bicyclic) bond motifs is 1. The zero-order valence-electron chi connectivity index (χ0n) is 14.7. The minimum Gasteiger partial charge on any atom is -0.466 e. The Kier molecular flexibility index (Phi) is 5.60. The third kappa shape index (κ3) is 4.07. The number of nitrogens with zero attached hydrogens (tertiary/aromatic N) is 2. The van der Waals surface area contributed by atoms with E-state index in [0.717, 1.165) is 0 Å². The quantitative estimate of drug-likeness (QED) is 0.728. The number of carbonyl (C=O) groups excluding carboxylic acids is 3. The van der Waals surface area contributed by atoms with Gasteiger partial charge in [-0.15, -0.1) is 0 Å². The molecular weight excluding hydrogens is 340 g/mol. The highest BCUT2D eigenvalue weighted by atomic mass is 16.7. The van der Waals surface area contributed by atoms with Gasteiger partial charge < -0.3 is 24.0 Å². The molecule has 0 spiro atoms. The van der Waals surface area contributed by atoms with Gasteiger partial charge in [-0.05, 0) is 25.1 Å². The standard InChI is InChI=1S/C18H22N2O6/c1-2-24-17(22)6-5-16(21)19-7-9-20(10-8-19)18(23)13-3-4-14-15(11-13)26-12-25-14/h3-4,11H,2,5-10,12H2,1H3. The van der Waals surface area contributed by atoms with Crippen LogP contribution in [0.4, 0.5) is 0 Å². The van der Waals surface area contributed by atoms with E-state index in [9.17, 15) is 14.4 Å². The summed E-state index contributed by atoms with van der Waals surface area (Å²) in [5, 5.41) is 0. The lowest BCUT2D eigenvalue weighted by Crippen LogP contribution is -2.50. The summed E-state index contributed by atoms with van der Waals surface area (Å²) in [6.45, 7) is 4.04. The van der Waals surface area contributed by atoms with Crippen LogP contribution in [0.15, 0.2) is 18.2 Å². The number of esters is 1. The van der Waals surface area contributed by atoms with Crippen molar-refractivity contribution in [3.63, 3.8) is 0 Å². The average molecular weight is 362 g/mol. The molecule has 0 bridgehead atoms. The van der Waals surface area contributed by atoms with Gasteiger partial charge in [0.1, 0.15) is 0 Å². The first-order chi connectivity index (χ1) is 12.6. The highest BCUT2D eigenvalue weighted by Gasteiger charge is 2.26. The molecule has 3 rings (SSSR count). The second kappa shape index (κ2) is 8.07. The lowest BCUT2D eigenvalue weighted by Gasteiger charge is -2.34. The lowest BCUT2D eigenvalue weighted by molar-refractivity contribution is -0.146. The van der Waals surface area contributed by atoms with E-state index in [2.05, 4.69) is 0 Å². The Bertz CT molecular complexity index is 697. The normalized spacial score (nSPS) is 15.7. The molecule has 2 aliphatic rings. The second-order valence-electron chi connectivity index (χ2n) is 6.05. The van der Waals surface area contributed by atoms with Crippen molar-refractivity contribution >= 4 is 17.8 Å². The Morgan fingerprint density at radius 1 is 1.00 bits per heavy atom. The maximum atomic E-state index is 12.6. The van der Waals surface area contributed by atoms with E-state index in [1.54, 1.807) is 34.9 Å². The highest BCUT2D eigenvalue weighted by molar-refractivity contribution is 5.95. The molecular formula is C18H22N2O6. The Morgan fingerprint density at radius 2 is 1.69 bits per heavy atom. The third-order valence-corrected chi connectivity index (χ3v) is 4.39. The van der Waals surface area contributed by atoms with Crippen molar-refractivity contribution in [1.82, 2.24) is 9.80 Å². The molecule has 0 N–H and O–H groups in total. The molecule has 1 fully saturated rings. The largest absolute Gasteiger partial charge is 0.466 e. The fourth-order valence-electron chi connectivity index (χ4n) is 2.97. The molecule has 0 atom stereocenters. The van der Waals surface area contributed by atoms with Gasteiger partial charge in [-0.3, -0.25) is 14.4 Å². The molecule has 2 amide bonds. The molecule has 8 heteroatoms. The summed E-state index contributed by atoms with van der Waals surface area (Å²) in [5.41, 5.74) is 0.538. The van der Waals surface area contributed by atoms with Crippen molar-refractivity contribution in [3.05, 3.63) is 23.8 Å². The molecule has 0 aliphatic carbocycles. The van der Waals surface area contributed by atoms with Gasteiger partial charge in [0.2, 0.25) is 12.7 Å². The Morgan fingerprint density at radius 3 is 2.42 bits per heavy atom. The van der Waals surface area contributed by atoms with Gasteiger partial charge in [-0.25, -0.2) is 0 Å². The fourth-order valence-corrected chi connectivity index (χ4v) is 2.97. The molecule has 1 aromatic carbocycles. The molecule has 140 valence electrons. The maximum absolute atomic E-state index is 12.6. The predicted octanol–water partition coefficient (Wildman–Crippen LogP) is 1.04. The van der Waals surface area contributed by atoms with Gasteiger partial charge in [0.15, 0.2) is 11.5 Å². The van der Waals surface area contributed by atoms with Crippen LogP contribution >= 0.6 is 0 Å². The minimum atomic E-state index is -0.363. The number of ether oxygens (including phenoxy) is 3. The van der Waals surface area contributed by atoms with E-state index in [4.69, 9.17) is 14.2 Å². The van der Waals surface area contributed by atoms with Crippen molar-refractivity contribution in [2.45, 2.75) is 19.8 Å². The number of hydrogen-bond acceptors (Lipinski definition) is 6. The first-order valence-electron chi connectivity index (χ1n) is 8.71. The van der Waals surface area contributed by atoms with E-state index in [0.29, 0.717) is 49.8 Å². The zero-order chi connectivity index (χ0) is 18.5. The molecule has 1 aromatic rings. The fraction of sp³-hybridized carbons (Fsp3) is 0.500. The Labute approximate surface area is 151 Å². The van der Waals surface area contributed by atoms with Crippen molar-refractivity contribution in [2.75, 3.05) is 39.6 Å². The van der Waals surface area contributed by atoms with Crippen LogP contribution in [-0.4, -0.2) is 67.2 Å². The molecule has 8 nitrogen and oxygen atoms in total. The van der Waals surface area contributed by atoms with Crippen molar-refractivity contribution < 1.29 is 28.6 Å². The van der Waals surface area contributed by atoms with Crippen LogP contribution in [0.2, 0.25) is 0 Å². The number of benzene rings is 1. The number of piperazine rings is 1. The SMILES string of the molecule is CCOC(=O)CCC(=O)N1CCN(C(=O)c2ccc3c(c2)OCO3)CC1. The lowest BCUT2D eigenvalue weighted by atomic mass is 10.1. The van der Waals surface area contributed by atoms with Gasteiger partial charge in [-0.2, -0.15) is 0 Å².